The van der Waals surface area contributed by atoms with Gasteiger partial charge in [-0.15, -0.1) is 0 Å². The number of nitrogens with zero attached hydrogens (tertiary/aromatic N) is 1. The van der Waals surface area contributed by atoms with Crippen molar-refractivity contribution in [2.75, 3.05) is 5.32 Å². The fraction of sp³-hybridized carbons (Fsp3) is 0.0714. The molecule has 0 radical (unpaired) electrons. The van der Waals surface area contributed by atoms with Crippen LogP contribution in [0.3, 0.4) is 0 Å². The van der Waals surface area contributed by atoms with Crippen LogP contribution in [-0.4, -0.2) is 10.8 Å². The molecule has 0 atom stereocenters. The Morgan fingerprint density at radius 3 is 2.48 bits per heavy atom. The molecular formula is C14H10Br2N2O3. The molecule has 1 N–H and O–H groups in total. The third-order valence-electron chi connectivity index (χ3n) is 2.85. The average Bonchev–Trinajstić information content (AvgIpc) is 2.41. The van der Waals surface area contributed by atoms with Crippen molar-refractivity contribution in [3.63, 3.8) is 0 Å². The van der Waals surface area contributed by atoms with Crippen molar-refractivity contribution in [3.8, 4) is 0 Å². The second kappa shape index (κ2) is 6.36. The zero-order valence-electron chi connectivity index (χ0n) is 10.9. The van der Waals surface area contributed by atoms with Crippen LogP contribution in [0.4, 0.5) is 11.4 Å². The summed E-state index contributed by atoms with van der Waals surface area (Å²) in [5.74, 6) is -0.346. The largest absolute Gasteiger partial charge is 0.321 e. The SMILES string of the molecule is Cc1cc(Br)c(NC(=O)c2ccccc2Br)cc1[N+](=O)[O-]. The van der Waals surface area contributed by atoms with Gasteiger partial charge in [0.25, 0.3) is 11.6 Å². The van der Waals surface area contributed by atoms with Gasteiger partial charge in [-0.2, -0.15) is 0 Å². The van der Waals surface area contributed by atoms with Crippen LogP contribution in [0.15, 0.2) is 45.3 Å². The molecule has 108 valence electrons. The summed E-state index contributed by atoms with van der Waals surface area (Å²) in [5, 5.41) is 13.6. The van der Waals surface area contributed by atoms with E-state index in [4.69, 9.17) is 0 Å². The molecule has 0 unspecified atom stereocenters. The lowest BCUT2D eigenvalue weighted by atomic mass is 10.1. The van der Waals surface area contributed by atoms with Crippen LogP contribution >= 0.6 is 31.9 Å². The van der Waals surface area contributed by atoms with E-state index in [1.165, 1.54) is 6.07 Å². The molecular weight excluding hydrogens is 404 g/mol. The van der Waals surface area contributed by atoms with E-state index >= 15 is 0 Å². The third kappa shape index (κ3) is 3.48. The van der Waals surface area contributed by atoms with Gasteiger partial charge < -0.3 is 5.32 Å². The van der Waals surface area contributed by atoms with E-state index in [9.17, 15) is 14.9 Å². The van der Waals surface area contributed by atoms with E-state index in [1.54, 1.807) is 37.3 Å². The van der Waals surface area contributed by atoms with Gasteiger partial charge in [0.1, 0.15) is 0 Å². The lowest BCUT2D eigenvalue weighted by molar-refractivity contribution is -0.385. The number of benzene rings is 2. The first kappa shape index (κ1) is 15.7. The number of halogens is 2. The zero-order valence-corrected chi connectivity index (χ0v) is 14.1. The highest BCUT2D eigenvalue weighted by atomic mass is 79.9. The summed E-state index contributed by atoms with van der Waals surface area (Å²) in [4.78, 5) is 22.7. The van der Waals surface area contributed by atoms with Crippen molar-refractivity contribution < 1.29 is 9.72 Å². The van der Waals surface area contributed by atoms with Crippen LogP contribution in [0, 0.1) is 17.0 Å². The summed E-state index contributed by atoms with van der Waals surface area (Å²) < 4.78 is 1.24. The van der Waals surface area contributed by atoms with Crippen LogP contribution in [0.1, 0.15) is 15.9 Å². The molecule has 2 aromatic rings. The summed E-state index contributed by atoms with van der Waals surface area (Å²) in [6, 6.07) is 9.90. The maximum atomic E-state index is 12.2. The molecule has 0 saturated heterocycles. The van der Waals surface area contributed by atoms with E-state index in [-0.39, 0.29) is 11.6 Å². The highest BCUT2D eigenvalue weighted by molar-refractivity contribution is 9.11. The summed E-state index contributed by atoms with van der Waals surface area (Å²) in [5.41, 5.74) is 1.28. The van der Waals surface area contributed by atoms with Gasteiger partial charge in [0.2, 0.25) is 0 Å². The second-order valence-corrected chi connectivity index (χ2v) is 6.02. The highest BCUT2D eigenvalue weighted by Crippen LogP contribution is 2.31. The Balaban J connectivity index is 2.36. The molecule has 0 aromatic heterocycles. The molecule has 0 heterocycles. The monoisotopic (exact) mass is 412 g/mol. The Labute approximate surface area is 137 Å². The fourth-order valence-electron chi connectivity index (χ4n) is 1.79. The molecule has 0 aliphatic heterocycles. The minimum absolute atomic E-state index is 0.0411. The summed E-state index contributed by atoms with van der Waals surface area (Å²) in [6.45, 7) is 1.64. The molecule has 0 fully saturated rings. The number of hydrogen-bond donors (Lipinski definition) is 1. The number of amides is 1. The maximum absolute atomic E-state index is 12.2. The zero-order chi connectivity index (χ0) is 15.6. The van der Waals surface area contributed by atoms with Crippen LogP contribution in [0.5, 0.6) is 0 Å². The highest BCUT2D eigenvalue weighted by Gasteiger charge is 2.17. The van der Waals surface area contributed by atoms with E-state index in [1.807, 2.05) is 0 Å². The molecule has 5 nitrogen and oxygen atoms in total. The van der Waals surface area contributed by atoms with Crippen LogP contribution in [0.25, 0.3) is 0 Å². The smallest absolute Gasteiger partial charge is 0.274 e. The number of nitro groups is 1. The standard InChI is InChI=1S/C14H10Br2N2O3/c1-8-6-11(16)12(7-13(8)18(20)21)17-14(19)9-4-2-3-5-10(9)15/h2-7H,1H3,(H,17,19). The topological polar surface area (TPSA) is 72.2 Å². The second-order valence-electron chi connectivity index (χ2n) is 4.31. The summed E-state index contributed by atoms with van der Waals surface area (Å²) in [7, 11) is 0. The van der Waals surface area contributed by atoms with E-state index < -0.39 is 4.92 Å². The number of hydrogen-bond acceptors (Lipinski definition) is 3. The normalized spacial score (nSPS) is 10.2. The third-order valence-corrected chi connectivity index (χ3v) is 4.20. The van der Waals surface area contributed by atoms with Crippen molar-refractivity contribution >= 4 is 49.1 Å². The Bertz CT molecular complexity index is 732. The number of nitro benzene ring substituents is 1. The number of anilines is 1. The lowest BCUT2D eigenvalue weighted by Crippen LogP contribution is -2.13. The number of aryl methyl sites for hydroxylation is 1. The Morgan fingerprint density at radius 1 is 1.19 bits per heavy atom. The molecule has 0 saturated carbocycles. The lowest BCUT2D eigenvalue weighted by Gasteiger charge is -2.09. The minimum Gasteiger partial charge on any atom is -0.321 e. The number of nitrogens with one attached hydrogen (secondary N) is 1. The Morgan fingerprint density at radius 2 is 1.86 bits per heavy atom. The van der Waals surface area contributed by atoms with Gasteiger partial charge in [-0.3, -0.25) is 14.9 Å². The van der Waals surface area contributed by atoms with Gasteiger partial charge in [-0.25, -0.2) is 0 Å². The van der Waals surface area contributed by atoms with Crippen molar-refractivity contribution in [3.05, 3.63) is 66.6 Å². The predicted molar refractivity (Wildman–Crippen MR) is 87.6 cm³/mol. The first-order chi connectivity index (χ1) is 9.90. The van der Waals surface area contributed by atoms with Gasteiger partial charge in [-0.05, 0) is 57.0 Å². The molecule has 0 spiro atoms. The van der Waals surface area contributed by atoms with Gasteiger partial charge in [-0.1, -0.05) is 12.1 Å². The Hall–Kier alpha value is -1.73. The van der Waals surface area contributed by atoms with Crippen molar-refractivity contribution in [2.24, 2.45) is 0 Å². The molecule has 1 amide bonds. The molecule has 2 rings (SSSR count). The first-order valence-electron chi connectivity index (χ1n) is 5.90. The molecule has 0 aliphatic carbocycles. The van der Waals surface area contributed by atoms with E-state index in [2.05, 4.69) is 37.2 Å². The minimum atomic E-state index is -0.476. The predicted octanol–water partition coefficient (Wildman–Crippen LogP) is 4.68. The van der Waals surface area contributed by atoms with E-state index in [0.29, 0.717) is 25.8 Å². The van der Waals surface area contributed by atoms with Crippen molar-refractivity contribution in [1.82, 2.24) is 0 Å². The molecule has 2 aromatic carbocycles. The van der Waals surface area contributed by atoms with Crippen LogP contribution < -0.4 is 5.32 Å². The van der Waals surface area contributed by atoms with Gasteiger partial charge in [0.15, 0.2) is 0 Å². The summed E-state index contributed by atoms with van der Waals surface area (Å²) in [6.07, 6.45) is 0. The molecule has 21 heavy (non-hydrogen) atoms. The summed E-state index contributed by atoms with van der Waals surface area (Å²) >= 11 is 6.60. The first-order valence-corrected chi connectivity index (χ1v) is 7.49. The molecule has 0 bridgehead atoms. The molecule has 0 aliphatic rings. The quantitative estimate of drug-likeness (QED) is 0.586. The van der Waals surface area contributed by atoms with Gasteiger partial charge >= 0.3 is 0 Å². The fourth-order valence-corrected chi connectivity index (χ4v) is 2.81. The number of rotatable bonds is 3. The average molecular weight is 414 g/mol. The maximum Gasteiger partial charge on any atom is 0.274 e. The van der Waals surface area contributed by atoms with E-state index in [0.717, 1.165) is 0 Å². The van der Waals surface area contributed by atoms with Crippen molar-refractivity contribution in [1.29, 1.82) is 0 Å². The van der Waals surface area contributed by atoms with Gasteiger partial charge in [0.05, 0.1) is 16.2 Å². The Kier molecular flexibility index (Phi) is 4.74. The number of carbonyl (C=O) groups excluding carboxylic acids is 1. The van der Waals surface area contributed by atoms with Gasteiger partial charge in [0, 0.05) is 20.6 Å². The van der Waals surface area contributed by atoms with Crippen molar-refractivity contribution in [2.45, 2.75) is 6.92 Å². The van der Waals surface area contributed by atoms with Crippen LogP contribution in [-0.2, 0) is 0 Å². The number of carbonyl (C=O) groups is 1. The van der Waals surface area contributed by atoms with Crippen LogP contribution in [0.2, 0.25) is 0 Å². The molecule has 7 heteroatoms.